The van der Waals surface area contributed by atoms with E-state index in [9.17, 15) is 0 Å². The lowest BCUT2D eigenvalue weighted by Gasteiger charge is -2.32. The largest absolute Gasteiger partial charge is 0.328 e. The van der Waals surface area contributed by atoms with Gasteiger partial charge in [-0.05, 0) is 27.2 Å². The van der Waals surface area contributed by atoms with Crippen LogP contribution in [0, 0.1) is 0 Å². The predicted octanol–water partition coefficient (Wildman–Crippen LogP) is 6.84. The average Bonchev–Trinajstić information content (AvgIpc) is 2.56. The molecule has 0 rings (SSSR count). The van der Waals surface area contributed by atoms with Gasteiger partial charge in [0.15, 0.2) is 0 Å². The molecule has 0 aliphatic rings. The summed E-state index contributed by atoms with van der Waals surface area (Å²) in [4.78, 5) is 0. The zero-order valence-corrected chi connectivity index (χ0v) is 17.0. The van der Waals surface area contributed by atoms with Gasteiger partial charge in [0, 0.05) is 26.2 Å². The average molecular weight is 345 g/mol. The molecule has 146 valence electrons. The lowest BCUT2D eigenvalue weighted by Crippen LogP contribution is -2.39. The molecular formula is C21H44O3. The summed E-state index contributed by atoms with van der Waals surface area (Å²) in [6, 6.07) is 0. The third-order valence-corrected chi connectivity index (χ3v) is 4.43. The molecule has 0 atom stereocenters. The van der Waals surface area contributed by atoms with Crippen molar-refractivity contribution in [1.29, 1.82) is 0 Å². The normalized spacial score (nSPS) is 12.0. The lowest BCUT2D eigenvalue weighted by atomic mass is 10.0. The molecule has 0 spiro atoms. The Morgan fingerprint density at radius 2 is 0.792 bits per heavy atom. The van der Waals surface area contributed by atoms with Crippen LogP contribution < -0.4 is 0 Å². The Hall–Kier alpha value is -0.120. The molecule has 0 bridgehead atoms. The van der Waals surface area contributed by atoms with Gasteiger partial charge in [-0.3, -0.25) is 0 Å². The van der Waals surface area contributed by atoms with Crippen molar-refractivity contribution in [3.8, 4) is 0 Å². The Labute approximate surface area is 151 Å². The molecule has 0 aliphatic heterocycles. The second kappa shape index (κ2) is 17.7. The van der Waals surface area contributed by atoms with Gasteiger partial charge < -0.3 is 14.2 Å². The first kappa shape index (κ1) is 23.9. The van der Waals surface area contributed by atoms with Gasteiger partial charge in [0.05, 0.1) is 0 Å². The van der Waals surface area contributed by atoms with E-state index < -0.39 is 5.97 Å². The molecule has 0 aromatic heterocycles. The summed E-state index contributed by atoms with van der Waals surface area (Å²) in [5, 5.41) is 0. The smallest absolute Gasteiger partial charge is 0.282 e. The van der Waals surface area contributed by atoms with Crippen molar-refractivity contribution in [2.75, 3.05) is 19.8 Å². The van der Waals surface area contributed by atoms with Crippen molar-refractivity contribution in [3.05, 3.63) is 0 Å². The molecule has 0 aliphatic carbocycles. The standard InChI is InChI=1S/C21H44O3/c1-5-9-10-11-12-13-14-15-16-17-18-19-20-21(22-6-2,23-7-3)24-8-4/h5-20H2,1-4H3. The molecule has 0 unspecified atom stereocenters. The minimum absolute atomic E-state index is 0.623. The van der Waals surface area contributed by atoms with E-state index in [0.29, 0.717) is 19.8 Å². The van der Waals surface area contributed by atoms with Crippen molar-refractivity contribution in [2.45, 2.75) is 117 Å². The third kappa shape index (κ3) is 13.2. The highest BCUT2D eigenvalue weighted by Gasteiger charge is 2.31. The van der Waals surface area contributed by atoms with E-state index in [1.54, 1.807) is 0 Å². The van der Waals surface area contributed by atoms with E-state index in [4.69, 9.17) is 14.2 Å². The van der Waals surface area contributed by atoms with E-state index in [0.717, 1.165) is 12.8 Å². The summed E-state index contributed by atoms with van der Waals surface area (Å²) >= 11 is 0. The van der Waals surface area contributed by atoms with Crippen molar-refractivity contribution in [3.63, 3.8) is 0 Å². The fraction of sp³-hybridized carbons (Fsp3) is 1.00. The monoisotopic (exact) mass is 344 g/mol. The highest BCUT2D eigenvalue weighted by atomic mass is 16.9. The second-order valence-electron chi connectivity index (χ2n) is 6.62. The van der Waals surface area contributed by atoms with Crippen LogP contribution in [0.4, 0.5) is 0 Å². The minimum atomic E-state index is -0.809. The maximum atomic E-state index is 5.77. The van der Waals surface area contributed by atoms with Gasteiger partial charge >= 0.3 is 0 Å². The molecular weight excluding hydrogens is 300 g/mol. The summed E-state index contributed by atoms with van der Waals surface area (Å²) in [5.74, 6) is -0.809. The lowest BCUT2D eigenvalue weighted by molar-refractivity contribution is -0.380. The highest BCUT2D eigenvalue weighted by Crippen LogP contribution is 2.24. The van der Waals surface area contributed by atoms with Crippen LogP contribution in [0.25, 0.3) is 0 Å². The maximum absolute atomic E-state index is 5.77. The first-order valence-corrected chi connectivity index (χ1v) is 10.7. The van der Waals surface area contributed by atoms with Crippen LogP contribution in [-0.2, 0) is 14.2 Å². The molecule has 0 N–H and O–H groups in total. The molecule has 0 saturated carbocycles. The van der Waals surface area contributed by atoms with Crippen LogP contribution in [0.3, 0.4) is 0 Å². The van der Waals surface area contributed by atoms with Crippen LogP contribution in [0.1, 0.15) is 111 Å². The van der Waals surface area contributed by atoms with Crippen LogP contribution in [0.2, 0.25) is 0 Å². The summed E-state index contributed by atoms with van der Waals surface area (Å²) in [7, 11) is 0. The fourth-order valence-electron chi connectivity index (χ4n) is 3.18. The van der Waals surface area contributed by atoms with Gasteiger partial charge in [-0.2, -0.15) is 0 Å². The van der Waals surface area contributed by atoms with Crippen LogP contribution in [-0.4, -0.2) is 25.8 Å². The Kier molecular flexibility index (Phi) is 17.6. The van der Waals surface area contributed by atoms with Gasteiger partial charge in [0.1, 0.15) is 0 Å². The molecule has 0 radical (unpaired) electrons. The molecule has 0 amide bonds. The predicted molar refractivity (Wildman–Crippen MR) is 103 cm³/mol. The highest BCUT2D eigenvalue weighted by molar-refractivity contribution is 4.59. The SMILES string of the molecule is CCCCCCCCCCCCCCC(OCC)(OCC)OCC. The summed E-state index contributed by atoms with van der Waals surface area (Å²) in [5.41, 5.74) is 0. The zero-order valence-electron chi connectivity index (χ0n) is 17.0. The Bertz CT molecular complexity index is 226. The maximum Gasteiger partial charge on any atom is 0.282 e. The van der Waals surface area contributed by atoms with Crippen LogP contribution in [0.5, 0.6) is 0 Å². The Balaban J connectivity index is 3.60. The van der Waals surface area contributed by atoms with E-state index in [1.807, 2.05) is 20.8 Å². The number of hydrogen-bond donors (Lipinski definition) is 0. The molecule has 24 heavy (non-hydrogen) atoms. The number of unbranched alkanes of at least 4 members (excludes halogenated alkanes) is 11. The van der Waals surface area contributed by atoms with E-state index in [2.05, 4.69) is 6.92 Å². The van der Waals surface area contributed by atoms with Crippen molar-refractivity contribution in [1.82, 2.24) is 0 Å². The van der Waals surface area contributed by atoms with Gasteiger partial charge in [-0.1, -0.05) is 77.6 Å². The molecule has 0 saturated heterocycles. The first-order valence-electron chi connectivity index (χ1n) is 10.7. The van der Waals surface area contributed by atoms with Gasteiger partial charge in [-0.15, -0.1) is 0 Å². The van der Waals surface area contributed by atoms with Crippen molar-refractivity contribution < 1.29 is 14.2 Å². The zero-order chi connectivity index (χ0) is 17.9. The molecule has 3 heteroatoms. The summed E-state index contributed by atoms with van der Waals surface area (Å²) < 4.78 is 17.3. The molecule has 0 heterocycles. The second-order valence-corrected chi connectivity index (χ2v) is 6.62. The number of rotatable bonds is 19. The van der Waals surface area contributed by atoms with Crippen molar-refractivity contribution >= 4 is 0 Å². The molecule has 0 aromatic rings. The van der Waals surface area contributed by atoms with Gasteiger partial charge in [0.25, 0.3) is 5.97 Å². The van der Waals surface area contributed by atoms with Crippen molar-refractivity contribution in [2.24, 2.45) is 0 Å². The quantitative estimate of drug-likeness (QED) is 0.190. The number of ether oxygens (including phenoxy) is 3. The Morgan fingerprint density at radius 1 is 0.458 bits per heavy atom. The fourth-order valence-corrected chi connectivity index (χ4v) is 3.18. The Morgan fingerprint density at radius 3 is 1.12 bits per heavy atom. The van der Waals surface area contributed by atoms with E-state index in [1.165, 1.54) is 70.6 Å². The number of hydrogen-bond acceptors (Lipinski definition) is 3. The van der Waals surface area contributed by atoms with E-state index >= 15 is 0 Å². The van der Waals surface area contributed by atoms with E-state index in [-0.39, 0.29) is 0 Å². The first-order chi connectivity index (χ1) is 11.7. The van der Waals surface area contributed by atoms with Crippen LogP contribution in [0.15, 0.2) is 0 Å². The minimum Gasteiger partial charge on any atom is -0.328 e. The summed E-state index contributed by atoms with van der Waals surface area (Å²) in [6.45, 7) is 10.1. The third-order valence-electron chi connectivity index (χ3n) is 4.43. The van der Waals surface area contributed by atoms with Crippen LogP contribution >= 0.6 is 0 Å². The molecule has 0 fully saturated rings. The summed E-state index contributed by atoms with van der Waals surface area (Å²) in [6.07, 6.45) is 17.1. The van der Waals surface area contributed by atoms with Gasteiger partial charge in [0.2, 0.25) is 0 Å². The molecule has 3 nitrogen and oxygen atoms in total. The molecule has 0 aromatic carbocycles. The van der Waals surface area contributed by atoms with Gasteiger partial charge in [-0.25, -0.2) is 0 Å². The topological polar surface area (TPSA) is 27.7 Å².